The van der Waals surface area contributed by atoms with Crippen LogP contribution in [0, 0.1) is 0 Å². The van der Waals surface area contributed by atoms with Gasteiger partial charge in [-0.2, -0.15) is 0 Å². The van der Waals surface area contributed by atoms with Crippen molar-refractivity contribution >= 4 is 19.9 Å². The summed E-state index contributed by atoms with van der Waals surface area (Å²) in [6, 6.07) is 1.33. The predicted octanol–water partition coefficient (Wildman–Crippen LogP) is 8.32. The van der Waals surface area contributed by atoms with Crippen LogP contribution in [-0.2, 0) is 4.43 Å². The van der Waals surface area contributed by atoms with Gasteiger partial charge in [0.15, 0.2) is 8.32 Å². The Bertz CT molecular complexity index is 246. The molecule has 0 fully saturated rings. The third kappa shape index (κ3) is 18.8. The maximum absolute atomic E-state index is 5.69. The number of alkyl halides is 1. The van der Waals surface area contributed by atoms with Crippen molar-refractivity contribution in [1.82, 2.24) is 0 Å². The molecule has 0 bridgehead atoms. The zero-order chi connectivity index (χ0) is 17.9. The van der Waals surface area contributed by atoms with Gasteiger partial charge < -0.3 is 4.43 Å². The van der Waals surface area contributed by atoms with Crippen LogP contribution in [0.4, 0.5) is 0 Å². The molecule has 24 heavy (non-hydrogen) atoms. The maximum Gasteiger partial charge on any atom is 0.186 e. The molecule has 0 aromatic rings. The van der Waals surface area contributed by atoms with Crippen molar-refractivity contribution in [3.8, 4) is 0 Å². The zero-order valence-electron chi connectivity index (χ0n) is 17.0. The number of hydrogen-bond acceptors (Lipinski definition) is 1. The summed E-state index contributed by atoms with van der Waals surface area (Å²) in [6.07, 6.45) is 22.6. The monoisotopic (exact) mass is 376 g/mol. The van der Waals surface area contributed by atoms with Gasteiger partial charge in [0.2, 0.25) is 0 Å². The van der Waals surface area contributed by atoms with E-state index in [9.17, 15) is 0 Å². The second kappa shape index (κ2) is 18.3. The van der Waals surface area contributed by atoms with Crippen molar-refractivity contribution in [3.63, 3.8) is 0 Å². The van der Waals surface area contributed by atoms with Crippen molar-refractivity contribution in [3.05, 3.63) is 0 Å². The molecule has 146 valence electrons. The summed E-state index contributed by atoms with van der Waals surface area (Å²) in [7, 11) is 0.593. The summed E-state index contributed by atoms with van der Waals surface area (Å²) in [4.78, 5) is 0. The Hall–Kier alpha value is 0.467. The fourth-order valence-electron chi connectivity index (χ4n) is 3.22. The van der Waals surface area contributed by atoms with Gasteiger partial charge in [-0.25, -0.2) is 0 Å². The first-order valence-electron chi connectivity index (χ1n) is 10.7. The van der Waals surface area contributed by atoms with Gasteiger partial charge in [-0.1, -0.05) is 96.3 Å². The highest BCUT2D eigenvalue weighted by Crippen LogP contribution is 2.17. The molecule has 0 aromatic heterocycles. The third-order valence-corrected chi connectivity index (χ3v) is 8.15. The van der Waals surface area contributed by atoms with E-state index in [0.29, 0.717) is 0 Å². The van der Waals surface area contributed by atoms with Crippen LogP contribution in [0.2, 0.25) is 19.1 Å². The van der Waals surface area contributed by atoms with E-state index < -0.39 is 8.32 Å². The number of unbranched alkanes of at least 4 members (excludes halogenated alkanes) is 15. The molecule has 0 aliphatic heterocycles. The maximum atomic E-state index is 5.69. The highest BCUT2D eigenvalue weighted by molar-refractivity contribution is 6.71. The summed E-state index contributed by atoms with van der Waals surface area (Å²) >= 11 is 5.69. The van der Waals surface area contributed by atoms with E-state index in [0.717, 1.165) is 5.88 Å². The number of hydrogen-bond donors (Lipinski definition) is 0. The minimum absolute atomic E-state index is 0.841. The lowest BCUT2D eigenvalue weighted by Crippen LogP contribution is -2.27. The van der Waals surface area contributed by atoms with E-state index in [1.165, 1.54) is 109 Å². The molecule has 3 heteroatoms. The first kappa shape index (κ1) is 24.5. The largest absolute Gasteiger partial charge is 0.420 e. The molecule has 0 aliphatic carbocycles. The second-order valence-corrected chi connectivity index (χ2v) is 12.9. The van der Waals surface area contributed by atoms with Crippen molar-refractivity contribution in [2.75, 3.05) is 13.0 Å². The first-order chi connectivity index (χ1) is 11.6. The van der Waals surface area contributed by atoms with Gasteiger partial charge >= 0.3 is 0 Å². The Morgan fingerprint density at radius 3 is 1.12 bits per heavy atom. The Kier molecular flexibility index (Phi) is 18.6. The van der Waals surface area contributed by atoms with Gasteiger partial charge in [-0.3, -0.25) is 0 Å². The highest BCUT2D eigenvalue weighted by Gasteiger charge is 2.18. The van der Waals surface area contributed by atoms with Gasteiger partial charge in [0.05, 0.1) is 0 Å². The topological polar surface area (TPSA) is 9.23 Å². The van der Waals surface area contributed by atoms with Crippen LogP contribution in [0.5, 0.6) is 0 Å². The summed E-state index contributed by atoms with van der Waals surface area (Å²) < 4.78 is 5.60. The van der Waals surface area contributed by atoms with Crippen LogP contribution in [0.1, 0.15) is 103 Å². The third-order valence-electron chi connectivity index (χ3n) is 5.22. The van der Waals surface area contributed by atoms with Crippen LogP contribution in [0.3, 0.4) is 0 Å². The van der Waals surface area contributed by atoms with E-state index in [1.54, 1.807) is 0 Å². The Balaban J connectivity index is 3.05. The SMILES string of the molecule is CO[Si](C)(C)CCCCCCCCCCCCCCCCCCCl. The van der Waals surface area contributed by atoms with Crippen LogP contribution in [0.15, 0.2) is 0 Å². The molecule has 0 saturated heterocycles. The Morgan fingerprint density at radius 2 is 0.833 bits per heavy atom. The van der Waals surface area contributed by atoms with Crippen LogP contribution < -0.4 is 0 Å². The number of halogens is 1. The average Bonchev–Trinajstić information content (AvgIpc) is 2.57. The molecule has 0 aromatic carbocycles. The molecule has 0 rings (SSSR count). The smallest absolute Gasteiger partial charge is 0.186 e. The molecular weight excluding hydrogens is 332 g/mol. The lowest BCUT2D eigenvalue weighted by molar-refractivity contribution is 0.400. The van der Waals surface area contributed by atoms with E-state index in [2.05, 4.69) is 13.1 Å². The highest BCUT2D eigenvalue weighted by atomic mass is 35.5. The lowest BCUT2D eigenvalue weighted by Gasteiger charge is -2.19. The van der Waals surface area contributed by atoms with Gasteiger partial charge in [0, 0.05) is 13.0 Å². The quantitative estimate of drug-likeness (QED) is 0.125. The van der Waals surface area contributed by atoms with E-state index >= 15 is 0 Å². The van der Waals surface area contributed by atoms with Crippen molar-refractivity contribution in [1.29, 1.82) is 0 Å². The lowest BCUT2D eigenvalue weighted by atomic mass is 10.0. The molecule has 0 atom stereocenters. The molecule has 1 nitrogen and oxygen atoms in total. The number of rotatable bonds is 19. The van der Waals surface area contributed by atoms with Gasteiger partial charge in [-0.15, -0.1) is 11.6 Å². The molecule has 0 radical (unpaired) electrons. The Labute approximate surface area is 159 Å². The fraction of sp³-hybridized carbons (Fsp3) is 1.00. The normalized spacial score (nSPS) is 12.0. The predicted molar refractivity (Wildman–Crippen MR) is 114 cm³/mol. The van der Waals surface area contributed by atoms with Crippen LogP contribution in [0.25, 0.3) is 0 Å². The van der Waals surface area contributed by atoms with Gasteiger partial charge in [0.25, 0.3) is 0 Å². The molecule has 0 unspecified atom stereocenters. The molecule has 0 saturated carbocycles. The first-order valence-corrected chi connectivity index (χ1v) is 14.4. The molecule has 0 spiro atoms. The van der Waals surface area contributed by atoms with E-state index in [4.69, 9.17) is 16.0 Å². The minimum atomic E-state index is -1.29. The summed E-state index contributed by atoms with van der Waals surface area (Å²) in [5, 5.41) is 0. The summed E-state index contributed by atoms with van der Waals surface area (Å²) in [6.45, 7) is 4.66. The molecule has 0 N–H and O–H groups in total. The zero-order valence-corrected chi connectivity index (χ0v) is 18.8. The second-order valence-electron chi connectivity index (χ2n) is 8.06. The van der Waals surface area contributed by atoms with Crippen LogP contribution in [-0.4, -0.2) is 21.3 Å². The minimum Gasteiger partial charge on any atom is -0.420 e. The fourth-order valence-corrected chi connectivity index (χ4v) is 4.72. The van der Waals surface area contributed by atoms with Crippen molar-refractivity contribution in [2.24, 2.45) is 0 Å². The molecule has 0 amide bonds. The van der Waals surface area contributed by atoms with E-state index in [-0.39, 0.29) is 0 Å². The average molecular weight is 377 g/mol. The summed E-state index contributed by atoms with van der Waals surface area (Å²) in [5.41, 5.74) is 0. The van der Waals surface area contributed by atoms with Crippen molar-refractivity contribution < 1.29 is 4.43 Å². The molecular formula is C21H45ClOSi. The Morgan fingerprint density at radius 1 is 0.542 bits per heavy atom. The van der Waals surface area contributed by atoms with Gasteiger partial charge in [0.1, 0.15) is 0 Å². The summed E-state index contributed by atoms with van der Waals surface area (Å²) in [5.74, 6) is 0.841. The van der Waals surface area contributed by atoms with Crippen LogP contribution >= 0.6 is 11.6 Å². The molecule has 0 heterocycles. The van der Waals surface area contributed by atoms with E-state index in [1.807, 2.05) is 7.11 Å². The van der Waals surface area contributed by atoms with Crippen molar-refractivity contribution in [2.45, 2.75) is 122 Å². The molecule has 0 aliphatic rings. The standard InChI is InChI=1S/C21H45ClOSi/c1-23-24(2,3)21-19-17-15-13-11-9-7-5-4-6-8-10-12-14-16-18-20-22/h4-21H2,1-3H3. The van der Waals surface area contributed by atoms with Gasteiger partial charge in [-0.05, 0) is 25.6 Å².